The summed E-state index contributed by atoms with van der Waals surface area (Å²) in [6.45, 7) is 3.77. The summed E-state index contributed by atoms with van der Waals surface area (Å²) < 4.78 is 40.4. The molecule has 7 nitrogen and oxygen atoms in total. The number of benzene rings is 1. The Morgan fingerprint density at radius 3 is 2.45 bits per heavy atom. The fraction of sp³-hybridized carbons (Fsp3) is 0.500. The topological polar surface area (TPSA) is 115 Å². The minimum atomic E-state index is -4.37. The zero-order valence-electron chi connectivity index (χ0n) is 12.2. The Hall–Kier alpha value is -1.29. The van der Waals surface area contributed by atoms with Gasteiger partial charge in [0.1, 0.15) is 5.82 Å². The van der Waals surface area contributed by atoms with E-state index in [1.807, 2.05) is 13.8 Å². The van der Waals surface area contributed by atoms with Crippen molar-refractivity contribution in [3.8, 4) is 0 Å². The van der Waals surface area contributed by atoms with Crippen molar-refractivity contribution in [2.75, 3.05) is 6.54 Å². The summed E-state index contributed by atoms with van der Waals surface area (Å²) >= 11 is 0. The number of nitro groups is 1. The fourth-order valence-corrected chi connectivity index (χ4v) is 3.44. The van der Waals surface area contributed by atoms with Crippen molar-refractivity contribution in [3.05, 3.63) is 34.1 Å². The lowest BCUT2D eigenvalue weighted by atomic mass is 10.1. The number of nitrogens with two attached hydrogens (primary N) is 1. The van der Waals surface area contributed by atoms with Gasteiger partial charge in [-0.25, -0.2) is 17.5 Å². The number of nitro benzene ring substituents is 1. The largest absolute Gasteiger partial charge is 0.329 e. The number of nitrogens with one attached hydrogen (secondary N) is 1. The van der Waals surface area contributed by atoms with Gasteiger partial charge in [-0.2, -0.15) is 0 Å². The standard InChI is InChI=1S/C12H18FN3O4S.ClH/c1-8(2)6-9(7-14)15-21(19,20)12-10(13)4-3-5-11(12)16(17)18;/h3-5,8-9,15H,6-7,14H2,1-2H3;1H. The van der Waals surface area contributed by atoms with Gasteiger partial charge in [-0.1, -0.05) is 19.9 Å². The van der Waals surface area contributed by atoms with E-state index in [9.17, 15) is 22.9 Å². The van der Waals surface area contributed by atoms with Gasteiger partial charge in [0.05, 0.1) is 4.92 Å². The van der Waals surface area contributed by atoms with Crippen LogP contribution in [-0.4, -0.2) is 25.9 Å². The van der Waals surface area contributed by atoms with Gasteiger partial charge in [0.25, 0.3) is 15.7 Å². The first-order chi connectivity index (χ1) is 9.69. The molecule has 3 N–H and O–H groups in total. The van der Waals surface area contributed by atoms with Crippen LogP contribution in [0.5, 0.6) is 0 Å². The molecule has 22 heavy (non-hydrogen) atoms. The first-order valence-electron chi connectivity index (χ1n) is 6.34. The van der Waals surface area contributed by atoms with Crippen molar-refractivity contribution in [2.45, 2.75) is 31.2 Å². The minimum Gasteiger partial charge on any atom is -0.329 e. The van der Waals surface area contributed by atoms with Crippen LogP contribution < -0.4 is 10.5 Å². The number of halogens is 2. The molecule has 0 aliphatic rings. The van der Waals surface area contributed by atoms with Crippen LogP contribution in [0.15, 0.2) is 23.1 Å². The molecule has 0 aliphatic heterocycles. The third kappa shape index (κ3) is 5.16. The van der Waals surface area contributed by atoms with Gasteiger partial charge in [0, 0.05) is 18.7 Å². The van der Waals surface area contributed by atoms with E-state index in [2.05, 4.69) is 4.72 Å². The third-order valence-corrected chi connectivity index (χ3v) is 4.36. The summed E-state index contributed by atoms with van der Waals surface area (Å²) in [5.74, 6) is -1.01. The zero-order valence-corrected chi connectivity index (χ0v) is 13.8. The van der Waals surface area contributed by atoms with Crippen LogP contribution in [0.25, 0.3) is 0 Å². The molecular formula is C12H19ClFN3O4S. The maximum absolute atomic E-state index is 13.8. The lowest BCUT2D eigenvalue weighted by Crippen LogP contribution is -2.41. The van der Waals surface area contributed by atoms with Crippen molar-refractivity contribution in [1.29, 1.82) is 0 Å². The third-order valence-electron chi connectivity index (χ3n) is 2.77. The molecule has 0 aromatic heterocycles. The number of hydrogen-bond donors (Lipinski definition) is 2. The summed E-state index contributed by atoms with van der Waals surface area (Å²) in [6, 6.07) is 2.27. The van der Waals surface area contributed by atoms with Gasteiger partial charge >= 0.3 is 0 Å². The molecule has 1 aromatic carbocycles. The molecule has 0 spiro atoms. The van der Waals surface area contributed by atoms with E-state index in [-0.39, 0.29) is 24.9 Å². The molecule has 0 bridgehead atoms. The zero-order chi connectivity index (χ0) is 16.2. The van der Waals surface area contributed by atoms with Crippen LogP contribution in [0.1, 0.15) is 20.3 Å². The van der Waals surface area contributed by atoms with Gasteiger partial charge in [-0.05, 0) is 18.4 Å². The van der Waals surface area contributed by atoms with Crippen molar-refractivity contribution < 1.29 is 17.7 Å². The molecule has 10 heteroatoms. The predicted octanol–water partition coefficient (Wildman–Crippen LogP) is 1.81. The maximum atomic E-state index is 13.8. The minimum absolute atomic E-state index is 0. The van der Waals surface area contributed by atoms with Gasteiger partial charge in [0.2, 0.25) is 0 Å². The summed E-state index contributed by atoms with van der Waals surface area (Å²) in [5.41, 5.74) is 4.68. The van der Waals surface area contributed by atoms with E-state index < -0.39 is 37.4 Å². The molecule has 0 aliphatic carbocycles. The number of sulfonamides is 1. The Morgan fingerprint density at radius 1 is 1.41 bits per heavy atom. The SMILES string of the molecule is CC(C)CC(CN)NS(=O)(=O)c1c(F)cccc1[N+](=O)[O-].Cl. The summed E-state index contributed by atoms with van der Waals surface area (Å²) in [5, 5.41) is 10.9. The second kappa shape index (κ2) is 8.37. The van der Waals surface area contributed by atoms with Crippen LogP contribution in [-0.2, 0) is 10.0 Å². The van der Waals surface area contributed by atoms with Gasteiger partial charge in [0.15, 0.2) is 4.90 Å². The van der Waals surface area contributed by atoms with Crippen LogP contribution in [0.2, 0.25) is 0 Å². The monoisotopic (exact) mass is 355 g/mol. The van der Waals surface area contributed by atoms with Crippen molar-refractivity contribution in [1.82, 2.24) is 4.72 Å². The average Bonchev–Trinajstić information content (AvgIpc) is 2.36. The number of hydrogen-bond acceptors (Lipinski definition) is 5. The smallest absolute Gasteiger partial charge is 0.292 e. The highest BCUT2D eigenvalue weighted by Gasteiger charge is 2.31. The van der Waals surface area contributed by atoms with E-state index in [1.54, 1.807) is 0 Å². The molecule has 1 rings (SSSR count). The highest BCUT2D eigenvalue weighted by atomic mass is 35.5. The Kier molecular flexibility index (Phi) is 7.88. The van der Waals surface area contributed by atoms with E-state index in [4.69, 9.17) is 5.73 Å². The molecule has 1 aromatic rings. The summed E-state index contributed by atoms with van der Waals surface area (Å²) in [4.78, 5) is 8.98. The Bertz CT molecular complexity index is 625. The molecule has 0 heterocycles. The Labute approximate surface area is 134 Å². The number of nitrogens with zero attached hydrogens (tertiary/aromatic N) is 1. The van der Waals surface area contributed by atoms with Gasteiger partial charge in [-0.3, -0.25) is 10.1 Å². The Morgan fingerprint density at radius 2 is 2.00 bits per heavy atom. The number of rotatable bonds is 7. The van der Waals surface area contributed by atoms with Crippen LogP contribution in [0.3, 0.4) is 0 Å². The molecule has 0 saturated heterocycles. The van der Waals surface area contributed by atoms with Crippen LogP contribution in [0, 0.1) is 21.8 Å². The van der Waals surface area contributed by atoms with Crippen molar-refractivity contribution in [3.63, 3.8) is 0 Å². The normalized spacial score (nSPS) is 12.8. The van der Waals surface area contributed by atoms with E-state index >= 15 is 0 Å². The van der Waals surface area contributed by atoms with E-state index in [0.717, 1.165) is 18.2 Å². The molecule has 126 valence electrons. The highest BCUT2D eigenvalue weighted by Crippen LogP contribution is 2.26. The second-order valence-electron chi connectivity index (χ2n) is 5.03. The van der Waals surface area contributed by atoms with E-state index in [0.29, 0.717) is 6.42 Å². The molecule has 1 unspecified atom stereocenters. The quantitative estimate of drug-likeness (QED) is 0.571. The van der Waals surface area contributed by atoms with Gasteiger partial charge < -0.3 is 5.73 Å². The Balaban J connectivity index is 0.00000441. The summed E-state index contributed by atoms with van der Waals surface area (Å²) in [7, 11) is -4.37. The molecule has 0 amide bonds. The lowest BCUT2D eigenvalue weighted by Gasteiger charge is -2.18. The van der Waals surface area contributed by atoms with Gasteiger partial charge in [-0.15, -0.1) is 12.4 Å². The van der Waals surface area contributed by atoms with E-state index in [1.165, 1.54) is 0 Å². The summed E-state index contributed by atoms with van der Waals surface area (Å²) in [6.07, 6.45) is 0.442. The van der Waals surface area contributed by atoms with Crippen molar-refractivity contribution >= 4 is 28.1 Å². The first-order valence-corrected chi connectivity index (χ1v) is 7.82. The first kappa shape index (κ1) is 20.7. The predicted molar refractivity (Wildman–Crippen MR) is 82.9 cm³/mol. The molecular weight excluding hydrogens is 337 g/mol. The molecule has 1 atom stereocenters. The van der Waals surface area contributed by atoms with Crippen LogP contribution >= 0.6 is 12.4 Å². The maximum Gasteiger partial charge on any atom is 0.292 e. The fourth-order valence-electron chi connectivity index (χ4n) is 1.95. The lowest BCUT2D eigenvalue weighted by molar-refractivity contribution is -0.388. The van der Waals surface area contributed by atoms with Crippen molar-refractivity contribution in [2.24, 2.45) is 11.7 Å². The molecule has 0 radical (unpaired) electrons. The molecule has 0 saturated carbocycles. The highest BCUT2D eigenvalue weighted by molar-refractivity contribution is 7.89. The molecule has 0 fully saturated rings. The van der Waals surface area contributed by atoms with Crippen LogP contribution in [0.4, 0.5) is 10.1 Å². The second-order valence-corrected chi connectivity index (χ2v) is 6.68. The average molecular weight is 356 g/mol.